The molecule has 2 saturated heterocycles. The largest absolute Gasteiger partial charge is 0.355 e. The molecule has 0 bridgehead atoms. The highest BCUT2D eigenvalue weighted by molar-refractivity contribution is 7.89. The molecule has 0 aromatic carbocycles. The van der Waals surface area contributed by atoms with Crippen molar-refractivity contribution in [2.24, 2.45) is 5.92 Å². The number of piperidine rings is 2. The van der Waals surface area contributed by atoms with Crippen LogP contribution in [0.1, 0.15) is 48.4 Å². The molecule has 30 heavy (non-hydrogen) atoms. The van der Waals surface area contributed by atoms with Crippen LogP contribution in [0.15, 0.2) is 26.9 Å². The Morgan fingerprint density at radius 1 is 1.17 bits per heavy atom. The molecule has 2 fully saturated rings. The Labute approximate surface area is 181 Å². The summed E-state index contributed by atoms with van der Waals surface area (Å²) in [5, 5.41) is 5.85. The molecule has 4 rings (SSSR count). The van der Waals surface area contributed by atoms with Crippen molar-refractivity contribution in [2.75, 3.05) is 26.2 Å². The van der Waals surface area contributed by atoms with E-state index in [0.717, 1.165) is 30.8 Å². The highest BCUT2D eigenvalue weighted by Gasteiger charge is 2.37. The lowest BCUT2D eigenvalue weighted by Crippen LogP contribution is -2.45. The quantitative estimate of drug-likeness (QED) is 0.696. The molecule has 9 heteroatoms. The number of nitrogens with zero attached hydrogens (tertiary/aromatic N) is 3. The highest BCUT2D eigenvalue weighted by Crippen LogP contribution is 2.30. The van der Waals surface area contributed by atoms with Crippen LogP contribution in [0.3, 0.4) is 0 Å². The zero-order valence-corrected chi connectivity index (χ0v) is 18.8. The third kappa shape index (κ3) is 4.38. The first kappa shape index (κ1) is 21.3. The van der Waals surface area contributed by atoms with E-state index in [2.05, 4.69) is 5.16 Å². The van der Waals surface area contributed by atoms with Crippen molar-refractivity contribution >= 4 is 39.4 Å². The number of hydrogen-bond acceptors (Lipinski definition) is 6. The fourth-order valence-electron chi connectivity index (χ4n) is 4.19. The second-order valence-electron chi connectivity index (χ2n) is 7.87. The standard InChI is InChI=1S/C21H27N3O4S2/c1-16-20(19(28-22-16)8-7-18-6-5-15-29-18)30(26,27)24-13-9-17(10-14-24)21(25)23-11-3-2-4-12-23/h5-8,15,17H,2-4,9-14H2,1H3/b8-7+. The molecule has 0 atom stereocenters. The van der Waals surface area contributed by atoms with Crippen LogP contribution in [0.4, 0.5) is 0 Å². The van der Waals surface area contributed by atoms with Gasteiger partial charge in [0, 0.05) is 37.0 Å². The topological polar surface area (TPSA) is 83.7 Å². The maximum absolute atomic E-state index is 13.3. The molecule has 2 aliphatic rings. The van der Waals surface area contributed by atoms with Crippen molar-refractivity contribution in [1.82, 2.24) is 14.4 Å². The van der Waals surface area contributed by atoms with Gasteiger partial charge in [-0.15, -0.1) is 11.3 Å². The third-order valence-corrected chi connectivity index (χ3v) is 8.74. The fraction of sp³-hybridized carbons (Fsp3) is 0.524. The Morgan fingerprint density at radius 3 is 2.57 bits per heavy atom. The monoisotopic (exact) mass is 449 g/mol. The number of rotatable bonds is 5. The molecule has 2 aromatic heterocycles. The van der Waals surface area contributed by atoms with Crippen LogP contribution in [0, 0.1) is 12.8 Å². The van der Waals surface area contributed by atoms with E-state index in [4.69, 9.17) is 4.52 Å². The minimum absolute atomic E-state index is 0.0867. The van der Waals surface area contributed by atoms with Gasteiger partial charge in [0.2, 0.25) is 15.9 Å². The normalized spacial score (nSPS) is 19.6. The average molecular weight is 450 g/mol. The van der Waals surface area contributed by atoms with Crippen LogP contribution in [0.5, 0.6) is 0 Å². The first-order valence-corrected chi connectivity index (χ1v) is 12.8. The minimum atomic E-state index is -3.74. The Bertz CT molecular complexity index is 997. The fourth-order valence-corrected chi connectivity index (χ4v) is 6.53. The molecule has 162 valence electrons. The Kier molecular flexibility index (Phi) is 6.40. The summed E-state index contributed by atoms with van der Waals surface area (Å²) >= 11 is 1.56. The molecule has 2 aromatic rings. The summed E-state index contributed by atoms with van der Waals surface area (Å²) in [7, 11) is -3.74. The molecule has 0 spiro atoms. The van der Waals surface area contributed by atoms with Gasteiger partial charge in [0.25, 0.3) is 0 Å². The van der Waals surface area contributed by atoms with E-state index in [0.29, 0.717) is 31.6 Å². The van der Waals surface area contributed by atoms with Crippen LogP contribution in [0.2, 0.25) is 0 Å². The van der Waals surface area contributed by atoms with E-state index in [-0.39, 0.29) is 22.5 Å². The number of carbonyl (C=O) groups excluding carboxylic acids is 1. The zero-order valence-electron chi connectivity index (χ0n) is 17.1. The number of sulfonamides is 1. The van der Waals surface area contributed by atoms with Gasteiger partial charge >= 0.3 is 0 Å². The second-order valence-corrected chi connectivity index (χ2v) is 10.7. The van der Waals surface area contributed by atoms with E-state index < -0.39 is 10.0 Å². The van der Waals surface area contributed by atoms with E-state index in [1.54, 1.807) is 24.3 Å². The van der Waals surface area contributed by atoms with E-state index in [1.807, 2.05) is 28.5 Å². The number of likely N-dealkylation sites (tertiary alicyclic amines) is 1. The smallest absolute Gasteiger partial charge is 0.248 e. The number of carbonyl (C=O) groups is 1. The van der Waals surface area contributed by atoms with Crippen LogP contribution in [-0.2, 0) is 14.8 Å². The van der Waals surface area contributed by atoms with E-state index in [9.17, 15) is 13.2 Å². The molecule has 0 aliphatic carbocycles. The summed E-state index contributed by atoms with van der Waals surface area (Å²) in [6, 6.07) is 3.88. The highest BCUT2D eigenvalue weighted by atomic mass is 32.2. The zero-order chi connectivity index (χ0) is 21.1. The Hall–Kier alpha value is -1.97. The van der Waals surface area contributed by atoms with Crippen molar-refractivity contribution < 1.29 is 17.7 Å². The summed E-state index contributed by atoms with van der Waals surface area (Å²) < 4.78 is 33.4. The molecule has 0 radical (unpaired) electrons. The molecular formula is C21H27N3O4S2. The molecule has 7 nitrogen and oxygen atoms in total. The second kappa shape index (κ2) is 9.03. The van der Waals surface area contributed by atoms with Crippen LogP contribution >= 0.6 is 11.3 Å². The van der Waals surface area contributed by atoms with Gasteiger partial charge in [-0.3, -0.25) is 4.79 Å². The van der Waals surface area contributed by atoms with Gasteiger partial charge in [-0.05, 0) is 62.6 Å². The van der Waals surface area contributed by atoms with Gasteiger partial charge in [0.15, 0.2) is 10.7 Å². The predicted molar refractivity (Wildman–Crippen MR) is 116 cm³/mol. The van der Waals surface area contributed by atoms with Crippen LogP contribution < -0.4 is 0 Å². The summed E-state index contributed by atoms with van der Waals surface area (Å²) in [4.78, 5) is 15.8. The molecule has 0 saturated carbocycles. The van der Waals surface area contributed by atoms with Crippen LogP contribution in [-0.4, -0.2) is 54.9 Å². The maximum Gasteiger partial charge on any atom is 0.248 e. The third-order valence-electron chi connectivity index (χ3n) is 5.84. The van der Waals surface area contributed by atoms with Crippen LogP contribution in [0.25, 0.3) is 12.2 Å². The maximum atomic E-state index is 13.3. The van der Waals surface area contributed by atoms with Crippen molar-refractivity contribution in [2.45, 2.75) is 43.9 Å². The van der Waals surface area contributed by atoms with Gasteiger partial charge < -0.3 is 9.42 Å². The number of thiophene rings is 1. The Balaban J connectivity index is 1.46. The van der Waals surface area contributed by atoms with Crippen molar-refractivity contribution in [3.8, 4) is 0 Å². The minimum Gasteiger partial charge on any atom is -0.355 e. The summed E-state index contributed by atoms with van der Waals surface area (Å²) in [5.41, 5.74) is 0.354. The molecule has 0 unspecified atom stereocenters. The molecular weight excluding hydrogens is 422 g/mol. The lowest BCUT2D eigenvalue weighted by Gasteiger charge is -2.35. The van der Waals surface area contributed by atoms with Crippen molar-refractivity contribution in [1.29, 1.82) is 0 Å². The summed E-state index contributed by atoms with van der Waals surface area (Å²) in [6.07, 6.45) is 7.90. The lowest BCUT2D eigenvalue weighted by atomic mass is 9.95. The van der Waals surface area contributed by atoms with Gasteiger partial charge in [-0.1, -0.05) is 11.2 Å². The predicted octanol–water partition coefficient (Wildman–Crippen LogP) is 3.63. The van der Waals surface area contributed by atoms with E-state index in [1.165, 1.54) is 10.7 Å². The average Bonchev–Trinajstić information content (AvgIpc) is 3.42. The molecule has 4 heterocycles. The van der Waals surface area contributed by atoms with Gasteiger partial charge in [0.1, 0.15) is 5.69 Å². The van der Waals surface area contributed by atoms with Crippen molar-refractivity contribution in [3.05, 3.63) is 33.8 Å². The number of hydrogen-bond donors (Lipinski definition) is 0. The van der Waals surface area contributed by atoms with E-state index >= 15 is 0 Å². The lowest BCUT2D eigenvalue weighted by molar-refractivity contribution is -0.137. The Morgan fingerprint density at radius 2 is 1.90 bits per heavy atom. The SMILES string of the molecule is Cc1noc(/C=C/c2cccs2)c1S(=O)(=O)N1CCC(C(=O)N2CCCCC2)CC1. The van der Waals surface area contributed by atoms with Gasteiger partial charge in [-0.2, -0.15) is 4.31 Å². The summed E-state index contributed by atoms with van der Waals surface area (Å²) in [6.45, 7) is 3.98. The molecule has 0 N–H and O–H groups in total. The first-order valence-electron chi connectivity index (χ1n) is 10.4. The summed E-state index contributed by atoms with van der Waals surface area (Å²) in [5.74, 6) is 0.344. The van der Waals surface area contributed by atoms with Gasteiger partial charge in [0.05, 0.1) is 0 Å². The molecule has 1 amide bonds. The first-order chi connectivity index (χ1) is 14.5. The molecule has 2 aliphatic heterocycles. The van der Waals surface area contributed by atoms with Crippen molar-refractivity contribution in [3.63, 3.8) is 0 Å². The number of aryl methyl sites for hydroxylation is 1. The number of aromatic nitrogens is 1. The van der Waals surface area contributed by atoms with Gasteiger partial charge in [-0.25, -0.2) is 8.42 Å². The number of amides is 1.